The summed E-state index contributed by atoms with van der Waals surface area (Å²) in [6, 6.07) is 17.7. The van der Waals surface area contributed by atoms with Crippen molar-refractivity contribution in [1.29, 1.82) is 5.26 Å². The summed E-state index contributed by atoms with van der Waals surface area (Å²) >= 11 is 0. The van der Waals surface area contributed by atoms with Crippen LogP contribution in [0.3, 0.4) is 0 Å². The van der Waals surface area contributed by atoms with Crippen molar-refractivity contribution in [2.75, 3.05) is 6.54 Å². The number of amides is 1. The number of ether oxygens (including phenoxy) is 2. The molecule has 0 saturated heterocycles. The molecule has 0 aromatic heterocycles. The van der Waals surface area contributed by atoms with Crippen LogP contribution >= 0.6 is 0 Å². The molecule has 0 saturated carbocycles. The second-order valence-electron chi connectivity index (χ2n) is 5.26. The van der Waals surface area contributed by atoms with E-state index in [0.29, 0.717) is 11.3 Å². The lowest BCUT2D eigenvalue weighted by Gasteiger charge is -2.14. The number of hydrogen-bond donors (Lipinski definition) is 1. The van der Waals surface area contributed by atoms with Crippen molar-refractivity contribution in [3.8, 4) is 11.8 Å². The number of carbonyl (C=O) groups excluding carboxylic acids is 2. The molecule has 1 atom stereocenters. The maximum atomic E-state index is 12.0. The largest absolute Gasteiger partial charge is 0.481 e. The first-order valence-electron chi connectivity index (χ1n) is 7.72. The van der Waals surface area contributed by atoms with Crippen molar-refractivity contribution in [3.63, 3.8) is 0 Å². The minimum atomic E-state index is -0.783. The predicted molar refractivity (Wildman–Crippen MR) is 90.5 cm³/mol. The highest BCUT2D eigenvalue weighted by atomic mass is 16.5. The molecule has 2 aromatic carbocycles. The molecule has 6 heteroatoms. The van der Waals surface area contributed by atoms with Crippen molar-refractivity contribution < 1.29 is 19.1 Å². The van der Waals surface area contributed by atoms with Crippen molar-refractivity contribution in [1.82, 2.24) is 5.32 Å². The van der Waals surface area contributed by atoms with Crippen LogP contribution in [-0.4, -0.2) is 24.5 Å². The molecule has 0 heterocycles. The van der Waals surface area contributed by atoms with Crippen molar-refractivity contribution in [2.24, 2.45) is 0 Å². The van der Waals surface area contributed by atoms with E-state index in [0.717, 1.165) is 5.56 Å². The Morgan fingerprint density at radius 2 is 1.80 bits per heavy atom. The number of nitrogens with zero attached hydrogens (tertiary/aromatic N) is 1. The van der Waals surface area contributed by atoms with Gasteiger partial charge in [0.25, 0.3) is 5.91 Å². The summed E-state index contributed by atoms with van der Waals surface area (Å²) in [5.41, 5.74) is 1.38. The van der Waals surface area contributed by atoms with Gasteiger partial charge < -0.3 is 14.8 Å². The van der Waals surface area contributed by atoms with Crippen LogP contribution in [0.4, 0.5) is 0 Å². The van der Waals surface area contributed by atoms with Gasteiger partial charge in [-0.25, -0.2) is 0 Å². The van der Waals surface area contributed by atoms with E-state index in [4.69, 9.17) is 14.7 Å². The maximum Gasteiger partial charge on any atom is 0.325 e. The van der Waals surface area contributed by atoms with Crippen LogP contribution < -0.4 is 10.1 Å². The fourth-order valence-electron chi connectivity index (χ4n) is 1.96. The summed E-state index contributed by atoms with van der Waals surface area (Å²) in [6.45, 7) is 1.50. The molecule has 0 aliphatic carbocycles. The molecule has 0 spiro atoms. The first kappa shape index (κ1) is 18.0. The molecule has 1 N–H and O–H groups in total. The zero-order valence-electron chi connectivity index (χ0n) is 13.8. The van der Waals surface area contributed by atoms with Crippen LogP contribution in [0, 0.1) is 11.3 Å². The fraction of sp³-hybridized carbons (Fsp3) is 0.211. The van der Waals surface area contributed by atoms with Crippen molar-refractivity contribution in [2.45, 2.75) is 19.6 Å². The molecule has 1 amide bonds. The Kier molecular flexibility index (Phi) is 6.55. The van der Waals surface area contributed by atoms with Gasteiger partial charge in [0, 0.05) is 0 Å². The van der Waals surface area contributed by atoms with Gasteiger partial charge in [-0.3, -0.25) is 9.59 Å². The van der Waals surface area contributed by atoms with Gasteiger partial charge in [-0.2, -0.15) is 5.26 Å². The van der Waals surface area contributed by atoms with Gasteiger partial charge in [-0.1, -0.05) is 30.3 Å². The Bertz CT molecular complexity index is 751. The van der Waals surface area contributed by atoms with E-state index < -0.39 is 18.0 Å². The van der Waals surface area contributed by atoms with Crippen LogP contribution in [0.5, 0.6) is 5.75 Å². The number of esters is 1. The normalized spacial score (nSPS) is 11.0. The van der Waals surface area contributed by atoms with E-state index in [9.17, 15) is 9.59 Å². The van der Waals surface area contributed by atoms with Gasteiger partial charge in [-0.05, 0) is 36.8 Å². The third-order valence-electron chi connectivity index (χ3n) is 3.32. The second-order valence-corrected chi connectivity index (χ2v) is 5.26. The summed E-state index contributed by atoms with van der Waals surface area (Å²) < 4.78 is 10.5. The molecule has 0 fully saturated rings. The van der Waals surface area contributed by atoms with E-state index in [-0.39, 0.29) is 13.2 Å². The number of nitrogens with one attached hydrogen (secondary N) is 1. The van der Waals surface area contributed by atoms with Gasteiger partial charge in [-0.15, -0.1) is 0 Å². The van der Waals surface area contributed by atoms with E-state index in [1.54, 1.807) is 31.2 Å². The lowest BCUT2D eigenvalue weighted by molar-refractivity contribution is -0.145. The molecule has 2 aromatic rings. The van der Waals surface area contributed by atoms with Crippen LogP contribution in [0.2, 0.25) is 0 Å². The quantitative estimate of drug-likeness (QED) is 0.782. The highest BCUT2D eigenvalue weighted by Gasteiger charge is 2.16. The number of hydrogen-bond acceptors (Lipinski definition) is 5. The molecule has 6 nitrogen and oxygen atoms in total. The molecule has 1 unspecified atom stereocenters. The zero-order chi connectivity index (χ0) is 18.1. The lowest BCUT2D eigenvalue weighted by Crippen LogP contribution is -2.39. The van der Waals surface area contributed by atoms with Gasteiger partial charge in [0.05, 0.1) is 11.6 Å². The summed E-state index contributed by atoms with van der Waals surface area (Å²) in [7, 11) is 0. The van der Waals surface area contributed by atoms with Gasteiger partial charge in [0.15, 0.2) is 6.10 Å². The Morgan fingerprint density at radius 3 is 2.44 bits per heavy atom. The molecule has 0 radical (unpaired) electrons. The molecule has 0 bridgehead atoms. The third kappa shape index (κ3) is 5.99. The topological polar surface area (TPSA) is 88.4 Å². The second kappa shape index (κ2) is 9.08. The average molecular weight is 338 g/mol. The number of nitriles is 1. The summed E-state index contributed by atoms with van der Waals surface area (Å²) in [5, 5.41) is 11.2. The molecule has 25 heavy (non-hydrogen) atoms. The Morgan fingerprint density at radius 1 is 1.12 bits per heavy atom. The average Bonchev–Trinajstić information content (AvgIpc) is 2.65. The van der Waals surface area contributed by atoms with Crippen LogP contribution in [-0.2, 0) is 20.9 Å². The summed E-state index contributed by atoms with van der Waals surface area (Å²) in [4.78, 5) is 23.6. The first-order chi connectivity index (χ1) is 12.1. The number of carbonyl (C=O) groups is 2. The van der Waals surface area contributed by atoms with E-state index >= 15 is 0 Å². The monoisotopic (exact) mass is 338 g/mol. The first-order valence-corrected chi connectivity index (χ1v) is 7.72. The van der Waals surface area contributed by atoms with Gasteiger partial charge in [0.2, 0.25) is 0 Å². The molecular formula is C19H18N2O4. The molecule has 0 aliphatic heterocycles. The smallest absolute Gasteiger partial charge is 0.325 e. The highest BCUT2D eigenvalue weighted by molar-refractivity contribution is 5.84. The summed E-state index contributed by atoms with van der Waals surface area (Å²) in [5.74, 6) is -0.489. The maximum absolute atomic E-state index is 12.0. The van der Waals surface area contributed by atoms with Crippen LogP contribution in [0.25, 0.3) is 0 Å². The predicted octanol–water partition coefficient (Wildman–Crippen LogP) is 2.19. The molecule has 128 valence electrons. The van der Waals surface area contributed by atoms with Crippen molar-refractivity contribution >= 4 is 11.9 Å². The molecular weight excluding hydrogens is 320 g/mol. The fourth-order valence-corrected chi connectivity index (χ4v) is 1.96. The van der Waals surface area contributed by atoms with E-state index in [1.165, 1.54) is 0 Å². The van der Waals surface area contributed by atoms with Gasteiger partial charge in [0.1, 0.15) is 18.9 Å². The summed E-state index contributed by atoms with van der Waals surface area (Å²) in [6.07, 6.45) is -0.783. The van der Waals surface area contributed by atoms with Gasteiger partial charge >= 0.3 is 5.97 Å². The standard InChI is InChI=1S/C19H18N2O4/c1-14(25-17-9-7-15(11-20)8-10-17)19(23)21-12-18(22)24-13-16-5-3-2-4-6-16/h2-10,14H,12-13H2,1H3,(H,21,23). The number of rotatable bonds is 7. The molecule has 2 rings (SSSR count). The van der Waals surface area contributed by atoms with Crippen molar-refractivity contribution in [3.05, 3.63) is 65.7 Å². The minimum Gasteiger partial charge on any atom is -0.481 e. The zero-order valence-corrected chi connectivity index (χ0v) is 13.8. The van der Waals surface area contributed by atoms with Crippen LogP contribution in [0.15, 0.2) is 54.6 Å². The minimum absolute atomic E-state index is 0.160. The Labute approximate surface area is 146 Å². The third-order valence-corrected chi connectivity index (χ3v) is 3.32. The molecule has 0 aliphatic rings. The van der Waals surface area contributed by atoms with E-state index in [2.05, 4.69) is 5.32 Å². The Hall–Kier alpha value is -3.33. The van der Waals surface area contributed by atoms with Crippen LogP contribution in [0.1, 0.15) is 18.1 Å². The number of benzene rings is 2. The highest BCUT2D eigenvalue weighted by Crippen LogP contribution is 2.13. The SMILES string of the molecule is CC(Oc1ccc(C#N)cc1)C(=O)NCC(=O)OCc1ccccc1. The lowest BCUT2D eigenvalue weighted by atomic mass is 10.2. The Balaban J connectivity index is 1.73. The van der Waals surface area contributed by atoms with E-state index in [1.807, 2.05) is 36.4 Å².